The minimum atomic E-state index is 0.639. The summed E-state index contributed by atoms with van der Waals surface area (Å²) < 4.78 is 0. The molecule has 0 unspecified atom stereocenters. The fourth-order valence-corrected chi connectivity index (χ4v) is 2.27. The molecule has 0 N–H and O–H groups in total. The smallest absolute Gasteiger partial charge is 0.0235 e. The maximum absolute atomic E-state index is 2.54. The van der Waals surface area contributed by atoms with Crippen molar-refractivity contribution < 1.29 is 0 Å². The van der Waals surface area contributed by atoms with E-state index in [2.05, 4.69) is 12.8 Å². The first kappa shape index (κ1) is 5.76. The van der Waals surface area contributed by atoms with Crippen molar-refractivity contribution in [1.29, 1.82) is 0 Å². The van der Waals surface area contributed by atoms with Gasteiger partial charge in [-0.05, 0) is 43.9 Å². The van der Waals surface area contributed by atoms with E-state index in [0.717, 1.165) is 0 Å². The average Bonchev–Trinajstić information content (AvgIpc) is 2.45. The molecule has 2 aliphatic rings. The fourth-order valence-electron chi connectivity index (χ4n) is 2.27. The van der Waals surface area contributed by atoms with E-state index in [1.165, 1.54) is 38.5 Å². The van der Waals surface area contributed by atoms with Gasteiger partial charge in [-0.15, -0.1) is 0 Å². The fraction of sp³-hybridized carbons (Fsp3) is 0.778. The molecule has 2 fully saturated rings. The molecule has 1 spiro atoms. The molecular weight excluding hydrogens is 108 g/mol. The molecule has 0 aromatic rings. The summed E-state index contributed by atoms with van der Waals surface area (Å²) >= 11 is 0. The highest BCUT2D eigenvalue weighted by Gasteiger charge is 2.36. The highest BCUT2D eigenvalue weighted by Crippen LogP contribution is 2.48. The van der Waals surface area contributed by atoms with E-state index in [-0.39, 0.29) is 0 Å². The average molecular weight is 122 g/mol. The molecule has 0 atom stereocenters. The highest BCUT2D eigenvalue weighted by molar-refractivity contribution is 5.10. The highest BCUT2D eigenvalue weighted by atomic mass is 14.4. The summed E-state index contributed by atoms with van der Waals surface area (Å²) in [5.74, 6) is 0. The lowest BCUT2D eigenvalue weighted by Gasteiger charge is -2.20. The monoisotopic (exact) mass is 122 g/mol. The van der Waals surface area contributed by atoms with Gasteiger partial charge in [0.25, 0.3) is 0 Å². The third kappa shape index (κ3) is 0.889. The van der Waals surface area contributed by atoms with Gasteiger partial charge in [-0.25, -0.2) is 0 Å². The summed E-state index contributed by atoms with van der Waals surface area (Å²) in [7, 11) is 0. The van der Waals surface area contributed by atoms with Crippen LogP contribution in [0.2, 0.25) is 0 Å². The van der Waals surface area contributed by atoms with E-state index in [1.54, 1.807) is 0 Å². The first-order valence-corrected chi connectivity index (χ1v) is 4.10. The van der Waals surface area contributed by atoms with Crippen molar-refractivity contribution in [2.24, 2.45) is 5.41 Å². The Morgan fingerprint density at radius 2 is 1.44 bits per heavy atom. The van der Waals surface area contributed by atoms with Crippen LogP contribution in [0.5, 0.6) is 0 Å². The lowest BCUT2D eigenvalue weighted by Crippen LogP contribution is -2.10. The van der Waals surface area contributed by atoms with E-state index in [1.807, 2.05) is 0 Å². The van der Waals surface area contributed by atoms with Gasteiger partial charge in [-0.2, -0.15) is 0 Å². The predicted octanol–water partition coefficient (Wildman–Crippen LogP) is 2.75. The molecule has 2 aliphatic carbocycles. The van der Waals surface area contributed by atoms with Crippen LogP contribution in [0.25, 0.3) is 0 Å². The second-order valence-electron chi connectivity index (χ2n) is 3.43. The van der Waals surface area contributed by atoms with Crippen molar-refractivity contribution in [1.82, 2.24) is 0 Å². The van der Waals surface area contributed by atoms with Crippen LogP contribution in [0, 0.1) is 18.3 Å². The van der Waals surface area contributed by atoms with E-state index in [9.17, 15) is 0 Å². The van der Waals surface area contributed by atoms with Gasteiger partial charge in [0.2, 0.25) is 0 Å². The minimum absolute atomic E-state index is 0.639. The van der Waals surface area contributed by atoms with E-state index in [4.69, 9.17) is 0 Å². The van der Waals surface area contributed by atoms with E-state index in [0.29, 0.717) is 5.41 Å². The van der Waals surface area contributed by atoms with Crippen molar-refractivity contribution in [3.63, 3.8) is 0 Å². The summed E-state index contributed by atoms with van der Waals surface area (Å²) in [5, 5.41) is 0. The minimum Gasteiger partial charge on any atom is -0.0527 e. The molecule has 0 aliphatic heterocycles. The molecule has 2 radical (unpaired) electrons. The van der Waals surface area contributed by atoms with Crippen LogP contribution >= 0.6 is 0 Å². The van der Waals surface area contributed by atoms with Gasteiger partial charge in [0.15, 0.2) is 0 Å². The van der Waals surface area contributed by atoms with E-state index >= 15 is 0 Å². The zero-order valence-corrected chi connectivity index (χ0v) is 5.90. The van der Waals surface area contributed by atoms with Crippen molar-refractivity contribution in [3.05, 3.63) is 12.8 Å². The Morgan fingerprint density at radius 1 is 0.889 bits per heavy atom. The van der Waals surface area contributed by atoms with E-state index < -0.39 is 0 Å². The van der Waals surface area contributed by atoms with Gasteiger partial charge >= 0.3 is 0 Å². The summed E-state index contributed by atoms with van der Waals surface area (Å²) in [5.41, 5.74) is 0.639. The van der Waals surface area contributed by atoms with Crippen molar-refractivity contribution in [2.45, 2.75) is 38.5 Å². The van der Waals surface area contributed by atoms with Crippen LogP contribution in [-0.4, -0.2) is 0 Å². The number of hydrogen-bond donors (Lipinski definition) is 0. The van der Waals surface area contributed by atoms with Gasteiger partial charge in [0.05, 0.1) is 0 Å². The van der Waals surface area contributed by atoms with Crippen LogP contribution in [0.3, 0.4) is 0 Å². The zero-order chi connectivity index (χ0) is 6.16. The quantitative estimate of drug-likeness (QED) is 0.463. The van der Waals surface area contributed by atoms with Gasteiger partial charge in [-0.1, -0.05) is 12.8 Å². The molecule has 0 amide bonds. The summed E-state index contributed by atoms with van der Waals surface area (Å²) in [4.78, 5) is 0. The molecule has 0 heteroatoms. The van der Waals surface area contributed by atoms with Crippen LogP contribution in [0.15, 0.2) is 0 Å². The Hall–Kier alpha value is 0. The SMILES string of the molecule is [CH]1CC[CH]C12CCCC2. The van der Waals surface area contributed by atoms with Gasteiger partial charge in [0.1, 0.15) is 0 Å². The van der Waals surface area contributed by atoms with Crippen molar-refractivity contribution in [3.8, 4) is 0 Å². The third-order valence-electron chi connectivity index (χ3n) is 2.80. The normalized spacial score (nSPS) is 32.0. The molecular formula is C9H14. The maximum Gasteiger partial charge on any atom is -0.0235 e. The largest absolute Gasteiger partial charge is 0.0527 e. The van der Waals surface area contributed by atoms with Crippen molar-refractivity contribution >= 4 is 0 Å². The predicted molar refractivity (Wildman–Crippen MR) is 38.7 cm³/mol. The van der Waals surface area contributed by atoms with Gasteiger partial charge in [0, 0.05) is 0 Å². The first-order chi connectivity index (χ1) is 4.41. The molecule has 0 heterocycles. The lowest BCUT2D eigenvalue weighted by molar-refractivity contribution is 0.457. The molecule has 50 valence electrons. The van der Waals surface area contributed by atoms with Crippen LogP contribution in [0.1, 0.15) is 38.5 Å². The Bertz CT molecular complexity index is 75.1. The Morgan fingerprint density at radius 3 is 2.00 bits per heavy atom. The Balaban J connectivity index is 2.04. The Kier molecular flexibility index (Phi) is 1.28. The molecule has 2 rings (SSSR count). The molecule has 0 aromatic carbocycles. The summed E-state index contributed by atoms with van der Waals surface area (Å²) in [6.07, 6.45) is 13.6. The molecule has 0 bridgehead atoms. The molecule has 2 saturated carbocycles. The standard InChI is InChI=1S/C9H14/c1-2-6-9(5-1)7-3-4-8-9/h5-6H,1-4,7-8H2. The number of rotatable bonds is 0. The second-order valence-corrected chi connectivity index (χ2v) is 3.43. The molecule has 0 saturated heterocycles. The lowest BCUT2D eigenvalue weighted by atomic mass is 9.85. The first-order valence-electron chi connectivity index (χ1n) is 4.10. The second kappa shape index (κ2) is 2.00. The van der Waals surface area contributed by atoms with Crippen molar-refractivity contribution in [2.75, 3.05) is 0 Å². The van der Waals surface area contributed by atoms with Crippen LogP contribution < -0.4 is 0 Å². The molecule has 9 heavy (non-hydrogen) atoms. The summed E-state index contributed by atoms with van der Waals surface area (Å²) in [6.45, 7) is 0. The maximum atomic E-state index is 2.54. The summed E-state index contributed by atoms with van der Waals surface area (Å²) in [6, 6.07) is 0. The molecule has 0 aromatic heterocycles. The Labute approximate surface area is 57.6 Å². The van der Waals surface area contributed by atoms with Crippen LogP contribution in [0.4, 0.5) is 0 Å². The van der Waals surface area contributed by atoms with Gasteiger partial charge in [-0.3, -0.25) is 0 Å². The third-order valence-corrected chi connectivity index (χ3v) is 2.80. The van der Waals surface area contributed by atoms with Gasteiger partial charge < -0.3 is 0 Å². The van der Waals surface area contributed by atoms with Crippen LogP contribution in [-0.2, 0) is 0 Å². The topological polar surface area (TPSA) is 0 Å². The number of hydrogen-bond acceptors (Lipinski definition) is 0. The molecule has 0 nitrogen and oxygen atoms in total. The zero-order valence-electron chi connectivity index (χ0n) is 5.90.